The van der Waals surface area contributed by atoms with E-state index < -0.39 is 22.2 Å². The molecule has 0 aliphatic rings. The van der Waals surface area contributed by atoms with E-state index in [9.17, 15) is 18.3 Å². The smallest absolute Gasteiger partial charge is 0.319 e. The molecule has 2 aromatic rings. The molecule has 1 unspecified atom stereocenters. The molecule has 5 N–H and O–H groups in total. The van der Waals surface area contributed by atoms with Crippen LogP contribution in [0, 0.1) is 0 Å². The molecular weight excluding hydrogens is 346 g/mol. The number of ether oxygens (including phenoxy) is 1. The van der Waals surface area contributed by atoms with E-state index in [4.69, 9.17) is 9.88 Å². The van der Waals surface area contributed by atoms with Crippen LogP contribution in [0.2, 0.25) is 0 Å². The van der Waals surface area contributed by atoms with Gasteiger partial charge in [-0.25, -0.2) is 18.4 Å². The van der Waals surface area contributed by atoms with Crippen LogP contribution in [-0.4, -0.2) is 33.2 Å². The first-order valence-corrected chi connectivity index (χ1v) is 8.84. The third-order valence-corrected chi connectivity index (χ3v) is 4.32. The number of hydrogen-bond acceptors (Lipinski definition) is 5. The summed E-state index contributed by atoms with van der Waals surface area (Å²) < 4.78 is 27.5. The fourth-order valence-electron chi connectivity index (χ4n) is 2.14. The maximum atomic E-state index is 11.9. The predicted octanol–water partition coefficient (Wildman–Crippen LogP) is 1.20. The third-order valence-electron chi connectivity index (χ3n) is 3.39. The van der Waals surface area contributed by atoms with E-state index in [2.05, 4.69) is 10.6 Å². The van der Waals surface area contributed by atoms with Crippen molar-refractivity contribution >= 4 is 21.7 Å². The summed E-state index contributed by atoms with van der Waals surface area (Å²) in [4.78, 5) is 11.8. The van der Waals surface area contributed by atoms with Crippen molar-refractivity contribution in [1.29, 1.82) is 0 Å². The zero-order valence-electron chi connectivity index (χ0n) is 13.5. The Kier molecular flexibility index (Phi) is 5.97. The summed E-state index contributed by atoms with van der Waals surface area (Å²) in [6.45, 7) is -0.0263. The van der Waals surface area contributed by atoms with Gasteiger partial charge in [-0.15, -0.1) is 0 Å². The molecule has 0 aromatic heterocycles. The lowest BCUT2D eigenvalue weighted by molar-refractivity contribution is 0.171. The quantitative estimate of drug-likeness (QED) is 0.611. The Labute approximate surface area is 145 Å². The number of nitrogens with one attached hydrogen (secondary N) is 2. The normalized spacial score (nSPS) is 12.3. The number of primary sulfonamides is 1. The van der Waals surface area contributed by atoms with E-state index >= 15 is 0 Å². The summed E-state index contributed by atoms with van der Waals surface area (Å²) in [6.07, 6.45) is -0.938. The lowest BCUT2D eigenvalue weighted by Gasteiger charge is -2.15. The molecule has 8 nitrogen and oxygen atoms in total. The summed E-state index contributed by atoms with van der Waals surface area (Å²) in [6, 6.07) is 11.8. The molecule has 0 aliphatic heterocycles. The Hall–Kier alpha value is -2.62. The van der Waals surface area contributed by atoms with Gasteiger partial charge in [-0.2, -0.15) is 0 Å². The van der Waals surface area contributed by atoms with Crippen molar-refractivity contribution in [2.75, 3.05) is 19.0 Å². The molecule has 134 valence electrons. The van der Waals surface area contributed by atoms with Gasteiger partial charge < -0.3 is 20.5 Å². The van der Waals surface area contributed by atoms with E-state index in [0.717, 1.165) is 0 Å². The molecule has 1 atom stereocenters. The summed E-state index contributed by atoms with van der Waals surface area (Å²) in [7, 11) is -2.28. The first kappa shape index (κ1) is 18.7. The number of para-hydroxylation sites is 1. The standard InChI is InChI=1S/C16H19N3O5S/c1-24-15-5-3-2-4-13(15)14(20)10-18-16(21)19-11-6-8-12(9-7-11)25(17,22)23/h2-9,14,20H,10H2,1H3,(H2,17,22,23)(H2,18,19,21). The molecule has 0 spiro atoms. The molecule has 0 saturated carbocycles. The lowest BCUT2D eigenvalue weighted by atomic mass is 10.1. The predicted molar refractivity (Wildman–Crippen MR) is 92.8 cm³/mol. The molecule has 25 heavy (non-hydrogen) atoms. The van der Waals surface area contributed by atoms with Crippen LogP contribution in [0.1, 0.15) is 11.7 Å². The van der Waals surface area contributed by atoms with Crippen molar-refractivity contribution in [1.82, 2.24) is 5.32 Å². The van der Waals surface area contributed by atoms with Crippen LogP contribution in [0.15, 0.2) is 53.4 Å². The number of nitrogens with two attached hydrogens (primary N) is 1. The van der Waals surface area contributed by atoms with Gasteiger partial charge in [-0.05, 0) is 30.3 Å². The summed E-state index contributed by atoms with van der Waals surface area (Å²) in [5.41, 5.74) is 0.944. The Balaban J connectivity index is 1.92. The minimum absolute atomic E-state index is 0.0263. The van der Waals surface area contributed by atoms with Crippen molar-refractivity contribution in [3.05, 3.63) is 54.1 Å². The summed E-state index contributed by atoms with van der Waals surface area (Å²) >= 11 is 0. The largest absolute Gasteiger partial charge is 0.496 e. The molecule has 0 radical (unpaired) electrons. The van der Waals surface area contributed by atoms with E-state index in [-0.39, 0.29) is 11.4 Å². The Morgan fingerprint density at radius 1 is 1.20 bits per heavy atom. The number of methoxy groups -OCH3 is 1. The number of aliphatic hydroxyl groups is 1. The number of hydrogen-bond donors (Lipinski definition) is 4. The number of carbonyl (C=O) groups excluding carboxylic acids is 1. The fourth-order valence-corrected chi connectivity index (χ4v) is 2.66. The number of benzene rings is 2. The average molecular weight is 365 g/mol. The summed E-state index contributed by atoms with van der Waals surface area (Å²) in [5, 5.41) is 20.2. The molecule has 0 aliphatic carbocycles. The van der Waals surface area contributed by atoms with Gasteiger partial charge in [-0.3, -0.25) is 0 Å². The van der Waals surface area contributed by atoms with Crippen molar-refractivity contribution in [2.45, 2.75) is 11.0 Å². The molecule has 9 heteroatoms. The van der Waals surface area contributed by atoms with Crippen molar-refractivity contribution in [3.8, 4) is 5.75 Å². The Morgan fingerprint density at radius 2 is 1.84 bits per heavy atom. The van der Waals surface area contributed by atoms with E-state index in [1.54, 1.807) is 24.3 Å². The molecular formula is C16H19N3O5S. The zero-order chi connectivity index (χ0) is 18.4. The van der Waals surface area contributed by atoms with Crippen molar-refractivity contribution in [3.63, 3.8) is 0 Å². The van der Waals surface area contributed by atoms with Gasteiger partial charge in [0.1, 0.15) is 5.75 Å². The van der Waals surface area contributed by atoms with Crippen molar-refractivity contribution < 1.29 is 23.1 Å². The average Bonchev–Trinajstić information content (AvgIpc) is 2.59. The summed E-state index contributed by atoms with van der Waals surface area (Å²) in [5.74, 6) is 0.524. The van der Waals surface area contributed by atoms with Gasteiger partial charge in [0, 0.05) is 17.8 Å². The molecule has 2 amide bonds. The van der Waals surface area contributed by atoms with Crippen LogP contribution in [0.4, 0.5) is 10.5 Å². The van der Waals surface area contributed by atoms with Crippen LogP contribution in [0.3, 0.4) is 0 Å². The molecule has 0 bridgehead atoms. The SMILES string of the molecule is COc1ccccc1C(O)CNC(=O)Nc1ccc(S(N)(=O)=O)cc1. The highest BCUT2D eigenvalue weighted by molar-refractivity contribution is 7.89. The molecule has 0 saturated heterocycles. The number of rotatable bonds is 6. The first-order chi connectivity index (χ1) is 11.8. The van der Waals surface area contributed by atoms with E-state index in [1.165, 1.54) is 31.4 Å². The second-order valence-electron chi connectivity index (χ2n) is 5.16. The van der Waals surface area contributed by atoms with Gasteiger partial charge >= 0.3 is 6.03 Å². The third kappa shape index (κ3) is 5.18. The molecule has 0 fully saturated rings. The van der Waals surface area contributed by atoms with Crippen LogP contribution in [-0.2, 0) is 10.0 Å². The molecule has 2 aromatic carbocycles. The number of anilines is 1. The van der Waals surface area contributed by atoms with Crippen LogP contribution in [0.5, 0.6) is 5.75 Å². The molecule has 2 rings (SSSR count). The monoisotopic (exact) mass is 365 g/mol. The molecule has 0 heterocycles. The maximum Gasteiger partial charge on any atom is 0.319 e. The number of sulfonamides is 1. The minimum Gasteiger partial charge on any atom is -0.496 e. The van der Waals surface area contributed by atoms with E-state index in [0.29, 0.717) is 17.0 Å². The van der Waals surface area contributed by atoms with Crippen LogP contribution < -0.4 is 20.5 Å². The highest BCUT2D eigenvalue weighted by atomic mass is 32.2. The van der Waals surface area contributed by atoms with Gasteiger partial charge in [0.25, 0.3) is 0 Å². The second-order valence-corrected chi connectivity index (χ2v) is 6.72. The fraction of sp³-hybridized carbons (Fsp3) is 0.188. The first-order valence-electron chi connectivity index (χ1n) is 7.30. The number of urea groups is 1. The van der Waals surface area contributed by atoms with Crippen molar-refractivity contribution in [2.24, 2.45) is 5.14 Å². The van der Waals surface area contributed by atoms with Gasteiger partial charge in [0.2, 0.25) is 10.0 Å². The highest BCUT2D eigenvalue weighted by Gasteiger charge is 2.14. The van der Waals surface area contributed by atoms with Crippen LogP contribution >= 0.6 is 0 Å². The Morgan fingerprint density at radius 3 is 2.44 bits per heavy atom. The maximum absolute atomic E-state index is 11.9. The van der Waals surface area contributed by atoms with Gasteiger partial charge in [-0.1, -0.05) is 18.2 Å². The van der Waals surface area contributed by atoms with Gasteiger partial charge in [0.05, 0.1) is 18.1 Å². The number of carbonyl (C=O) groups is 1. The number of amides is 2. The van der Waals surface area contributed by atoms with E-state index in [1.807, 2.05) is 0 Å². The topological polar surface area (TPSA) is 131 Å². The zero-order valence-corrected chi connectivity index (χ0v) is 14.3. The van der Waals surface area contributed by atoms with Crippen LogP contribution in [0.25, 0.3) is 0 Å². The highest BCUT2D eigenvalue weighted by Crippen LogP contribution is 2.24. The number of aliphatic hydroxyl groups excluding tert-OH is 1. The Bertz CT molecular complexity index is 837. The second kappa shape index (κ2) is 7.97. The lowest BCUT2D eigenvalue weighted by Crippen LogP contribution is -2.32. The van der Waals surface area contributed by atoms with Gasteiger partial charge in [0.15, 0.2) is 0 Å². The minimum atomic E-state index is -3.78.